The summed E-state index contributed by atoms with van der Waals surface area (Å²) in [5.41, 5.74) is 4.81. The molecule has 6 rings (SSSR count). The molecule has 9 heteroatoms. The van der Waals surface area contributed by atoms with Crippen molar-refractivity contribution < 1.29 is 33.3 Å². The number of benzene rings is 3. The van der Waals surface area contributed by atoms with Gasteiger partial charge in [-0.25, -0.2) is 0 Å². The van der Waals surface area contributed by atoms with Crippen LogP contribution in [0.15, 0.2) is 83.2 Å². The van der Waals surface area contributed by atoms with Gasteiger partial charge in [-0.15, -0.1) is 0 Å². The fourth-order valence-electron chi connectivity index (χ4n) is 6.05. The van der Waals surface area contributed by atoms with Crippen LogP contribution < -0.4 is 34.3 Å². The first-order valence-corrected chi connectivity index (χ1v) is 13.7. The van der Waals surface area contributed by atoms with Gasteiger partial charge in [-0.1, -0.05) is 24.3 Å². The zero-order valence-corrected chi connectivity index (χ0v) is 23.9. The number of rotatable bonds is 7. The maximum atomic E-state index is 14.1. The molecule has 1 aliphatic carbocycles. The number of dihydropyridines is 1. The quantitative estimate of drug-likeness (QED) is 0.388. The van der Waals surface area contributed by atoms with E-state index in [-0.39, 0.29) is 30.8 Å². The molecular weight excluding hydrogens is 536 g/mol. The van der Waals surface area contributed by atoms with Gasteiger partial charge in [-0.2, -0.15) is 0 Å². The van der Waals surface area contributed by atoms with Crippen LogP contribution in [-0.4, -0.2) is 39.8 Å². The van der Waals surface area contributed by atoms with Crippen molar-refractivity contribution >= 4 is 17.4 Å². The number of carbonyl (C=O) groups excluding carboxylic acids is 2. The number of allylic oxidation sites excluding steroid dienone is 3. The van der Waals surface area contributed by atoms with Crippen molar-refractivity contribution in [2.24, 2.45) is 0 Å². The molecule has 42 heavy (non-hydrogen) atoms. The molecule has 216 valence electrons. The summed E-state index contributed by atoms with van der Waals surface area (Å²) < 4.78 is 27.6. The number of fused-ring (bicyclic) bond motifs is 1. The Bertz CT molecular complexity index is 1640. The second-order valence-electron chi connectivity index (χ2n) is 10.4. The molecule has 2 aliphatic heterocycles. The van der Waals surface area contributed by atoms with Gasteiger partial charge in [0.2, 0.25) is 6.79 Å². The summed E-state index contributed by atoms with van der Waals surface area (Å²) in [4.78, 5) is 28.0. The summed E-state index contributed by atoms with van der Waals surface area (Å²) in [6.07, 6.45) is 0.883. The Morgan fingerprint density at radius 3 is 2.38 bits per heavy atom. The average molecular weight is 569 g/mol. The lowest BCUT2D eigenvalue weighted by Gasteiger charge is -2.37. The van der Waals surface area contributed by atoms with Gasteiger partial charge in [0.1, 0.15) is 5.75 Å². The minimum absolute atomic E-state index is 0.0266. The number of nitrogens with one attached hydrogen (secondary N) is 2. The number of para-hydroxylation sites is 2. The molecule has 0 aromatic heterocycles. The van der Waals surface area contributed by atoms with E-state index < -0.39 is 5.92 Å². The molecule has 2 heterocycles. The molecule has 1 amide bonds. The Labute approximate surface area is 244 Å². The van der Waals surface area contributed by atoms with E-state index in [0.717, 1.165) is 16.8 Å². The van der Waals surface area contributed by atoms with Crippen molar-refractivity contribution in [2.45, 2.75) is 31.6 Å². The lowest BCUT2D eigenvalue weighted by Crippen LogP contribution is -2.37. The molecule has 2 atom stereocenters. The Morgan fingerprint density at radius 1 is 0.857 bits per heavy atom. The molecular formula is C33H32N2O7. The number of anilines is 1. The summed E-state index contributed by atoms with van der Waals surface area (Å²) in [5.74, 6) is 1.97. The Balaban J connectivity index is 1.41. The van der Waals surface area contributed by atoms with Crippen LogP contribution in [0.2, 0.25) is 0 Å². The lowest BCUT2D eigenvalue weighted by atomic mass is 9.71. The minimum Gasteiger partial charge on any atom is -0.495 e. The highest BCUT2D eigenvalue weighted by Gasteiger charge is 2.41. The average Bonchev–Trinajstić information content (AvgIpc) is 3.48. The van der Waals surface area contributed by atoms with E-state index in [1.165, 1.54) is 0 Å². The number of ether oxygens (including phenoxy) is 5. The van der Waals surface area contributed by atoms with E-state index >= 15 is 0 Å². The normalized spacial score (nSPS) is 19.2. The van der Waals surface area contributed by atoms with Gasteiger partial charge in [0, 0.05) is 34.9 Å². The highest BCUT2D eigenvalue weighted by molar-refractivity contribution is 6.10. The zero-order valence-electron chi connectivity index (χ0n) is 23.9. The summed E-state index contributed by atoms with van der Waals surface area (Å²) in [6.45, 7) is 1.99. The van der Waals surface area contributed by atoms with Crippen LogP contribution in [0.4, 0.5) is 5.69 Å². The molecule has 0 unspecified atom stereocenters. The lowest BCUT2D eigenvalue weighted by molar-refractivity contribution is -0.116. The highest BCUT2D eigenvalue weighted by atomic mass is 16.7. The molecule has 0 bridgehead atoms. The van der Waals surface area contributed by atoms with Crippen LogP contribution >= 0.6 is 0 Å². The number of amides is 1. The number of Topliss-reactive ketones (excluding diaryl/α,β-unsaturated/α-hetero) is 1. The fraction of sp³-hybridized carbons (Fsp3) is 0.273. The maximum absolute atomic E-state index is 14.1. The van der Waals surface area contributed by atoms with E-state index in [9.17, 15) is 9.59 Å². The number of hydrogen-bond acceptors (Lipinski definition) is 8. The van der Waals surface area contributed by atoms with Gasteiger partial charge in [-0.3, -0.25) is 9.59 Å². The predicted molar refractivity (Wildman–Crippen MR) is 156 cm³/mol. The third kappa shape index (κ3) is 4.81. The van der Waals surface area contributed by atoms with E-state index in [2.05, 4.69) is 10.6 Å². The van der Waals surface area contributed by atoms with Crippen LogP contribution in [0, 0.1) is 0 Å². The molecule has 0 saturated heterocycles. The van der Waals surface area contributed by atoms with Gasteiger partial charge < -0.3 is 34.3 Å². The number of hydrogen-bond donors (Lipinski definition) is 2. The minimum atomic E-state index is -0.607. The van der Waals surface area contributed by atoms with Crippen molar-refractivity contribution in [3.05, 3.63) is 94.3 Å². The van der Waals surface area contributed by atoms with Crippen molar-refractivity contribution in [1.29, 1.82) is 0 Å². The van der Waals surface area contributed by atoms with Crippen LogP contribution in [0.5, 0.6) is 28.7 Å². The molecule has 0 radical (unpaired) electrons. The highest BCUT2D eigenvalue weighted by Crippen LogP contribution is 2.48. The summed E-state index contributed by atoms with van der Waals surface area (Å²) in [6, 6.07) is 18.6. The molecule has 3 aromatic rings. The number of methoxy groups -OCH3 is 3. The van der Waals surface area contributed by atoms with E-state index in [4.69, 9.17) is 23.7 Å². The molecule has 0 spiro atoms. The van der Waals surface area contributed by atoms with E-state index in [0.29, 0.717) is 57.7 Å². The van der Waals surface area contributed by atoms with Crippen molar-refractivity contribution in [3.8, 4) is 28.7 Å². The zero-order chi connectivity index (χ0) is 29.4. The number of carbonyl (C=O) groups is 2. The molecule has 0 fully saturated rings. The molecule has 2 N–H and O–H groups in total. The molecule has 9 nitrogen and oxygen atoms in total. The summed E-state index contributed by atoms with van der Waals surface area (Å²) >= 11 is 0. The van der Waals surface area contributed by atoms with Gasteiger partial charge in [0.05, 0.1) is 27.0 Å². The Kier molecular flexibility index (Phi) is 7.24. The monoisotopic (exact) mass is 568 g/mol. The SMILES string of the molecule is COc1ccccc1NC(=O)C1=C(C)NC2=C(C(=O)C[C@H](c3ccc(OC)c(OC)c3)C2)[C@@H]1c1ccc2c(c1)OCO2. The van der Waals surface area contributed by atoms with Gasteiger partial charge in [0.25, 0.3) is 5.91 Å². The first-order valence-electron chi connectivity index (χ1n) is 13.7. The van der Waals surface area contributed by atoms with Gasteiger partial charge >= 0.3 is 0 Å². The van der Waals surface area contributed by atoms with E-state index in [1.54, 1.807) is 33.5 Å². The standard InChI is InChI=1S/C33H32N2O7/c1-18-30(33(37)35-22-7-5-6-8-25(22)38-2)31(20-10-12-27-29(16-20)42-17-41-27)32-23(34-18)13-21(14-24(32)36)19-9-11-26(39-3)28(15-19)40-4/h5-12,15-16,21,31,34H,13-14,17H2,1-4H3,(H,35,37)/t21-,31-/m1/s1. The van der Waals surface area contributed by atoms with Crippen LogP contribution in [0.3, 0.4) is 0 Å². The van der Waals surface area contributed by atoms with Gasteiger partial charge in [-0.05, 0) is 66.8 Å². The third-order valence-corrected chi connectivity index (χ3v) is 8.04. The van der Waals surface area contributed by atoms with Crippen LogP contribution in [-0.2, 0) is 9.59 Å². The van der Waals surface area contributed by atoms with Crippen LogP contribution in [0.1, 0.15) is 42.7 Å². The van der Waals surface area contributed by atoms with E-state index in [1.807, 2.05) is 55.5 Å². The molecule has 3 aliphatic rings. The largest absolute Gasteiger partial charge is 0.495 e. The first-order chi connectivity index (χ1) is 20.4. The predicted octanol–water partition coefficient (Wildman–Crippen LogP) is 5.44. The Hall–Kier alpha value is -4.92. The number of ketones is 1. The fourth-order valence-corrected chi connectivity index (χ4v) is 6.05. The van der Waals surface area contributed by atoms with Crippen molar-refractivity contribution in [1.82, 2.24) is 5.32 Å². The van der Waals surface area contributed by atoms with Crippen molar-refractivity contribution in [2.75, 3.05) is 33.4 Å². The summed E-state index contributed by atoms with van der Waals surface area (Å²) in [5, 5.41) is 6.44. The summed E-state index contributed by atoms with van der Waals surface area (Å²) in [7, 11) is 4.75. The second-order valence-corrected chi connectivity index (χ2v) is 10.4. The van der Waals surface area contributed by atoms with Gasteiger partial charge in [0.15, 0.2) is 28.8 Å². The smallest absolute Gasteiger partial charge is 0.254 e. The molecule has 3 aromatic carbocycles. The van der Waals surface area contributed by atoms with Crippen molar-refractivity contribution in [3.63, 3.8) is 0 Å². The third-order valence-electron chi connectivity index (χ3n) is 8.04. The first kappa shape index (κ1) is 27.3. The van der Waals surface area contributed by atoms with Crippen LogP contribution in [0.25, 0.3) is 0 Å². The maximum Gasteiger partial charge on any atom is 0.254 e. The second kappa shape index (κ2) is 11.2. The topological polar surface area (TPSA) is 104 Å². The Morgan fingerprint density at radius 2 is 1.60 bits per heavy atom. The molecule has 0 saturated carbocycles.